The lowest BCUT2D eigenvalue weighted by molar-refractivity contribution is 0.0853. The summed E-state index contributed by atoms with van der Waals surface area (Å²) in [6.45, 7) is 11.8. The molecule has 1 fully saturated rings. The highest BCUT2D eigenvalue weighted by Gasteiger charge is 2.29. The summed E-state index contributed by atoms with van der Waals surface area (Å²) in [4.78, 5) is 2.66. The van der Waals surface area contributed by atoms with Gasteiger partial charge in [0.05, 0.1) is 0 Å². The summed E-state index contributed by atoms with van der Waals surface area (Å²) in [6.07, 6.45) is 1.33. The number of piperidine rings is 1. The van der Waals surface area contributed by atoms with Gasteiger partial charge in [0.1, 0.15) is 0 Å². The summed E-state index contributed by atoms with van der Waals surface area (Å²) < 4.78 is 0. The van der Waals surface area contributed by atoms with Crippen molar-refractivity contribution in [3.63, 3.8) is 0 Å². The molecule has 1 N–H and O–H groups in total. The van der Waals surface area contributed by atoms with E-state index in [2.05, 4.69) is 69.2 Å². The van der Waals surface area contributed by atoms with Crippen LogP contribution in [0.3, 0.4) is 0 Å². The summed E-state index contributed by atoms with van der Waals surface area (Å²) >= 11 is 0. The first-order chi connectivity index (χ1) is 9.52. The van der Waals surface area contributed by atoms with E-state index in [1.165, 1.54) is 30.6 Å². The zero-order chi connectivity index (χ0) is 14.7. The Kier molecular flexibility index (Phi) is 5.22. The van der Waals surface area contributed by atoms with Crippen LogP contribution in [0.2, 0.25) is 0 Å². The lowest BCUT2D eigenvalue weighted by Crippen LogP contribution is -2.48. The van der Waals surface area contributed by atoms with Crippen molar-refractivity contribution in [1.82, 2.24) is 10.2 Å². The molecule has 4 unspecified atom stereocenters. The SMILES string of the molecule is CNC(c1ccc(C)cc1)C(C)N1CCC(C)C(C)C1. The third kappa shape index (κ3) is 3.42. The zero-order valence-electron chi connectivity index (χ0n) is 13.7. The molecule has 0 aliphatic carbocycles. The Labute approximate surface area is 124 Å². The van der Waals surface area contributed by atoms with Crippen molar-refractivity contribution in [2.75, 3.05) is 20.1 Å². The van der Waals surface area contributed by atoms with Gasteiger partial charge < -0.3 is 5.32 Å². The maximum atomic E-state index is 3.52. The van der Waals surface area contributed by atoms with Gasteiger partial charge in [0.15, 0.2) is 0 Å². The molecule has 0 saturated carbocycles. The number of aryl methyl sites for hydroxylation is 1. The van der Waals surface area contributed by atoms with E-state index >= 15 is 0 Å². The number of hydrogen-bond donors (Lipinski definition) is 1. The molecule has 112 valence electrons. The van der Waals surface area contributed by atoms with Crippen molar-refractivity contribution in [3.05, 3.63) is 35.4 Å². The second-order valence-electron chi connectivity index (χ2n) is 6.66. The maximum Gasteiger partial charge on any atom is 0.0473 e. The number of benzene rings is 1. The van der Waals surface area contributed by atoms with E-state index in [0.717, 1.165) is 11.8 Å². The van der Waals surface area contributed by atoms with Crippen molar-refractivity contribution in [2.45, 2.75) is 46.2 Å². The molecule has 2 heteroatoms. The van der Waals surface area contributed by atoms with E-state index in [4.69, 9.17) is 0 Å². The van der Waals surface area contributed by atoms with Gasteiger partial charge in [0, 0.05) is 18.6 Å². The van der Waals surface area contributed by atoms with E-state index < -0.39 is 0 Å². The van der Waals surface area contributed by atoms with Gasteiger partial charge in [0.25, 0.3) is 0 Å². The molecule has 2 rings (SSSR count). The third-order valence-corrected chi connectivity index (χ3v) is 5.17. The van der Waals surface area contributed by atoms with Gasteiger partial charge >= 0.3 is 0 Å². The van der Waals surface area contributed by atoms with E-state index in [1.807, 2.05) is 0 Å². The lowest BCUT2D eigenvalue weighted by atomic mass is 9.87. The van der Waals surface area contributed by atoms with E-state index in [1.54, 1.807) is 0 Å². The average Bonchev–Trinajstić information content (AvgIpc) is 2.44. The molecule has 0 bridgehead atoms. The van der Waals surface area contributed by atoms with Gasteiger partial charge in [-0.25, -0.2) is 0 Å². The van der Waals surface area contributed by atoms with Crippen LogP contribution in [0.4, 0.5) is 0 Å². The first kappa shape index (κ1) is 15.5. The van der Waals surface area contributed by atoms with Crippen LogP contribution >= 0.6 is 0 Å². The highest BCUT2D eigenvalue weighted by Crippen LogP contribution is 2.28. The van der Waals surface area contributed by atoms with Gasteiger partial charge in [-0.2, -0.15) is 0 Å². The summed E-state index contributed by atoms with van der Waals surface area (Å²) in [5, 5.41) is 3.52. The Morgan fingerprint density at radius 1 is 1.15 bits per heavy atom. The summed E-state index contributed by atoms with van der Waals surface area (Å²) in [6, 6.07) is 9.92. The van der Waals surface area contributed by atoms with Crippen LogP contribution in [0.25, 0.3) is 0 Å². The van der Waals surface area contributed by atoms with Crippen LogP contribution in [-0.4, -0.2) is 31.1 Å². The fourth-order valence-corrected chi connectivity index (χ4v) is 3.34. The topological polar surface area (TPSA) is 15.3 Å². The molecule has 1 aromatic carbocycles. The summed E-state index contributed by atoms with van der Waals surface area (Å²) in [5.41, 5.74) is 2.73. The van der Waals surface area contributed by atoms with Gasteiger partial charge in [-0.05, 0) is 51.3 Å². The van der Waals surface area contributed by atoms with E-state index in [9.17, 15) is 0 Å². The van der Waals surface area contributed by atoms with Gasteiger partial charge in [-0.3, -0.25) is 4.90 Å². The monoisotopic (exact) mass is 274 g/mol. The van der Waals surface area contributed by atoms with Crippen molar-refractivity contribution in [3.8, 4) is 0 Å². The predicted molar refractivity (Wildman–Crippen MR) is 87.0 cm³/mol. The van der Waals surface area contributed by atoms with Crippen LogP contribution in [0.5, 0.6) is 0 Å². The largest absolute Gasteiger partial charge is 0.312 e. The van der Waals surface area contributed by atoms with Crippen molar-refractivity contribution >= 4 is 0 Å². The first-order valence-corrected chi connectivity index (χ1v) is 8.00. The van der Waals surface area contributed by atoms with Crippen LogP contribution in [0.1, 0.15) is 44.4 Å². The van der Waals surface area contributed by atoms with Crippen molar-refractivity contribution in [2.24, 2.45) is 11.8 Å². The van der Waals surface area contributed by atoms with E-state index in [0.29, 0.717) is 12.1 Å². The quantitative estimate of drug-likeness (QED) is 0.902. The fourth-order valence-electron chi connectivity index (χ4n) is 3.34. The molecule has 1 aliphatic rings. The molecule has 0 aromatic heterocycles. The van der Waals surface area contributed by atoms with Gasteiger partial charge in [-0.1, -0.05) is 43.7 Å². The minimum absolute atomic E-state index is 0.413. The molecular weight excluding hydrogens is 244 g/mol. The van der Waals surface area contributed by atoms with Crippen LogP contribution < -0.4 is 5.32 Å². The van der Waals surface area contributed by atoms with Crippen molar-refractivity contribution < 1.29 is 0 Å². The fraction of sp³-hybridized carbons (Fsp3) is 0.667. The Bertz CT molecular complexity index is 412. The Morgan fingerprint density at radius 2 is 1.80 bits per heavy atom. The highest BCUT2D eigenvalue weighted by atomic mass is 15.2. The minimum atomic E-state index is 0.413. The number of hydrogen-bond acceptors (Lipinski definition) is 2. The molecule has 1 aliphatic heterocycles. The first-order valence-electron chi connectivity index (χ1n) is 8.00. The molecule has 1 aromatic rings. The molecule has 4 atom stereocenters. The van der Waals surface area contributed by atoms with E-state index in [-0.39, 0.29) is 0 Å². The number of likely N-dealkylation sites (N-methyl/N-ethyl adjacent to an activating group) is 1. The molecule has 0 amide bonds. The smallest absolute Gasteiger partial charge is 0.0473 e. The zero-order valence-corrected chi connectivity index (χ0v) is 13.7. The Balaban J connectivity index is 2.09. The van der Waals surface area contributed by atoms with Crippen LogP contribution in [0.15, 0.2) is 24.3 Å². The summed E-state index contributed by atoms with van der Waals surface area (Å²) in [7, 11) is 2.08. The molecule has 1 heterocycles. The van der Waals surface area contributed by atoms with Gasteiger partial charge in [-0.15, -0.1) is 0 Å². The predicted octanol–water partition coefficient (Wildman–Crippen LogP) is 3.62. The molecule has 0 spiro atoms. The highest BCUT2D eigenvalue weighted by molar-refractivity contribution is 5.25. The number of nitrogens with one attached hydrogen (secondary N) is 1. The molecule has 20 heavy (non-hydrogen) atoms. The Morgan fingerprint density at radius 3 is 2.35 bits per heavy atom. The van der Waals surface area contributed by atoms with Gasteiger partial charge in [0.2, 0.25) is 0 Å². The van der Waals surface area contributed by atoms with Crippen LogP contribution in [-0.2, 0) is 0 Å². The minimum Gasteiger partial charge on any atom is -0.312 e. The van der Waals surface area contributed by atoms with Crippen molar-refractivity contribution in [1.29, 1.82) is 0 Å². The number of likely N-dealkylation sites (tertiary alicyclic amines) is 1. The normalized spacial score (nSPS) is 27.2. The maximum absolute atomic E-state index is 3.52. The second-order valence-corrected chi connectivity index (χ2v) is 6.66. The number of rotatable bonds is 4. The average molecular weight is 274 g/mol. The molecule has 1 saturated heterocycles. The molecule has 2 nitrogen and oxygen atoms in total. The summed E-state index contributed by atoms with van der Waals surface area (Å²) in [5.74, 6) is 1.67. The Hall–Kier alpha value is -0.860. The lowest BCUT2D eigenvalue weighted by Gasteiger charge is -2.41. The standard InChI is InChI=1S/C18H30N2/c1-13-6-8-17(9-7-13)18(19-5)16(4)20-11-10-14(2)15(3)12-20/h6-9,14-16,18-19H,10-12H2,1-5H3. The third-order valence-electron chi connectivity index (χ3n) is 5.17. The van der Waals surface area contributed by atoms with Crippen LogP contribution in [0, 0.1) is 18.8 Å². The molecular formula is C18H30N2. The second kappa shape index (κ2) is 6.73. The molecule has 0 radical (unpaired) electrons. The number of nitrogens with zero attached hydrogens (tertiary/aromatic N) is 1.